The second-order valence-corrected chi connectivity index (χ2v) is 13.7. The Morgan fingerprint density at radius 3 is 0.570 bits per heavy atom. The normalized spacial score (nSPS) is 10.9. The summed E-state index contributed by atoms with van der Waals surface area (Å²) in [6, 6.07) is 11.1. The number of morpholine rings is 1. The molecule has 5 fully saturated rings. The standard InChI is InChI=1S/C6H14N2.C5H11N.C5H7N.C5H5N.C4H10N2.3C4H4N2.C4H9NO.C4H9N.18C2H6.10CH4/c1-7-3-5-8(2)6-4-7;3*1-2-4-6-5-3-1;2*1-2-6-4-3-5-1;1-2-5-4-6-3-1;1-2-4-6-5-3-1;1-3-6-4-2-5-1;1-2-4-5-3-1;18*1-2;;;;;;;;;;/h3-6H2,1-2H3;6H,1-5H2;2-6H,1H2;1-5H;5-6H,1-4H2;3*1-4H;5H,1-4H2;5H,1-4H2;18*1-2H3;10*1H4. The molecule has 0 saturated carbocycles. The zero-order chi connectivity index (χ0) is 79.5. The van der Waals surface area contributed by atoms with Crippen LogP contribution in [-0.4, -0.2) is 164 Å². The minimum atomic E-state index is 0. The molecule has 16 nitrogen and oxygen atoms in total. The van der Waals surface area contributed by atoms with Crippen LogP contribution in [0.4, 0.5) is 0 Å². The van der Waals surface area contributed by atoms with Gasteiger partial charge in [-0.05, 0) is 115 Å². The fraction of sp³-hybridized carbons (Fsp3) is 0.769. The highest BCUT2D eigenvalue weighted by Crippen LogP contribution is 1.96. The van der Waals surface area contributed by atoms with Gasteiger partial charge in [-0.3, -0.25) is 15.0 Å². The third-order valence-corrected chi connectivity index (χ3v) is 8.40. The number of likely N-dealkylation sites (N-methyl/N-ethyl adjacent to an activating group) is 2. The van der Waals surface area contributed by atoms with Gasteiger partial charge in [0.2, 0.25) is 0 Å². The molecule has 10 rings (SSSR count). The van der Waals surface area contributed by atoms with Crippen LogP contribution in [0.1, 0.15) is 362 Å². The Hall–Kier alpha value is -4.65. The van der Waals surface area contributed by atoms with Crippen molar-refractivity contribution in [1.29, 1.82) is 0 Å². The third-order valence-electron chi connectivity index (χ3n) is 8.40. The van der Waals surface area contributed by atoms with E-state index in [4.69, 9.17) is 4.74 Å². The highest BCUT2D eigenvalue weighted by Gasteiger charge is 2.07. The summed E-state index contributed by atoms with van der Waals surface area (Å²) in [5, 5.41) is 26.1. The molecule has 4 aromatic rings. The van der Waals surface area contributed by atoms with Crippen LogP contribution in [0.2, 0.25) is 0 Å². The highest BCUT2D eigenvalue weighted by atomic mass is 16.5. The molecule has 10 heterocycles. The number of aromatic nitrogens is 7. The minimum Gasteiger partial charge on any atom is -0.379 e. The average Bonchev–Trinajstić information content (AvgIpc) is 1.07. The summed E-state index contributed by atoms with van der Waals surface area (Å²) >= 11 is 0. The highest BCUT2D eigenvalue weighted by molar-refractivity contribution is 4.99. The third kappa shape index (κ3) is 294. The maximum Gasteiger partial charge on any atom is 0.115 e. The number of ether oxygens (including phenoxy) is 1. The molecule has 0 spiro atoms. The molecule has 5 saturated heterocycles. The maximum atomic E-state index is 5.01. The Morgan fingerprint density at radius 1 is 0.243 bits per heavy atom. The van der Waals surface area contributed by atoms with Crippen LogP contribution >= 0.6 is 0 Å². The van der Waals surface area contributed by atoms with Gasteiger partial charge in [0, 0.05) is 127 Å². The first kappa shape index (κ1) is 190. The predicted octanol–water partition coefficient (Wildman–Crippen LogP) is 28.1. The molecule has 670 valence electrons. The van der Waals surface area contributed by atoms with Gasteiger partial charge in [0.25, 0.3) is 0 Å². The molecule has 6 N–H and O–H groups in total. The Morgan fingerprint density at radius 2 is 0.467 bits per heavy atom. The predicted molar refractivity (Wildman–Crippen MR) is 521 cm³/mol. The van der Waals surface area contributed by atoms with Crippen LogP contribution in [-0.2, 0) is 4.74 Å². The van der Waals surface area contributed by atoms with Crippen molar-refractivity contribution in [3.63, 3.8) is 0 Å². The molecular formula is C91H225N15O. The van der Waals surface area contributed by atoms with E-state index in [1.54, 1.807) is 68.0 Å². The van der Waals surface area contributed by atoms with Crippen molar-refractivity contribution in [2.24, 2.45) is 0 Å². The zero-order valence-electron chi connectivity index (χ0n) is 73.1. The van der Waals surface area contributed by atoms with E-state index in [-0.39, 0.29) is 74.3 Å². The number of hydrogen-bond donors (Lipinski definition) is 6. The Balaban J connectivity index is -0.0000000236. The van der Waals surface area contributed by atoms with Crippen molar-refractivity contribution in [3.05, 3.63) is 129 Å². The summed E-state index contributed by atoms with van der Waals surface area (Å²) in [4.78, 5) is 23.3. The molecule has 16 heteroatoms. The van der Waals surface area contributed by atoms with Crippen molar-refractivity contribution in [2.45, 2.75) is 362 Å². The fourth-order valence-corrected chi connectivity index (χ4v) is 4.93. The SMILES string of the molecule is C.C.C.C.C.C.C.C.C.C.C1=CNC=CC1.C1CCNC1.C1CCNCC1.C1CNCCN1.C1COCCN1.CC.CC.CC.CC.CC.CC.CC.CC.CC.CC.CC.CC.CC.CC.CC.CC.CC.CC.CN1CCN(C)CC1.c1ccncc1.c1ccnnc1.c1cnccn1.c1cncnc1. The summed E-state index contributed by atoms with van der Waals surface area (Å²) in [7, 11) is 4.35. The van der Waals surface area contributed by atoms with E-state index < -0.39 is 0 Å². The van der Waals surface area contributed by atoms with Crippen molar-refractivity contribution in [2.75, 3.05) is 119 Å². The van der Waals surface area contributed by atoms with Crippen molar-refractivity contribution >= 4 is 0 Å². The average molecular weight is 1550 g/mol. The number of hydrogen-bond acceptors (Lipinski definition) is 16. The number of rotatable bonds is 0. The van der Waals surface area contributed by atoms with Gasteiger partial charge in [0.05, 0.1) is 13.2 Å². The number of nitrogens with zero attached hydrogens (tertiary/aromatic N) is 9. The van der Waals surface area contributed by atoms with E-state index in [0.717, 1.165) is 58.9 Å². The quantitative estimate of drug-likeness (QED) is 0.0979. The van der Waals surface area contributed by atoms with Gasteiger partial charge in [-0.1, -0.05) is 348 Å². The minimum absolute atomic E-state index is 0. The number of piperazine rings is 2. The summed E-state index contributed by atoms with van der Waals surface area (Å²) in [5.41, 5.74) is 0. The zero-order valence-corrected chi connectivity index (χ0v) is 73.1. The number of piperidine rings is 1. The van der Waals surface area contributed by atoms with Gasteiger partial charge in [-0.15, -0.1) is 0 Å². The van der Waals surface area contributed by atoms with Crippen LogP contribution in [0, 0.1) is 0 Å². The number of nitrogens with one attached hydrogen (secondary N) is 6. The maximum absolute atomic E-state index is 5.01. The van der Waals surface area contributed by atoms with Crippen LogP contribution in [0.25, 0.3) is 0 Å². The van der Waals surface area contributed by atoms with Crippen molar-refractivity contribution in [1.82, 2.24) is 76.8 Å². The van der Waals surface area contributed by atoms with Gasteiger partial charge in [-0.25, -0.2) is 9.97 Å². The largest absolute Gasteiger partial charge is 0.379 e. The van der Waals surface area contributed by atoms with Gasteiger partial charge in [0.1, 0.15) is 6.33 Å². The van der Waals surface area contributed by atoms with E-state index >= 15 is 0 Å². The topological polar surface area (TPSA) is 178 Å². The van der Waals surface area contributed by atoms with Crippen LogP contribution in [0.15, 0.2) is 129 Å². The lowest BCUT2D eigenvalue weighted by molar-refractivity contribution is 0.109. The molecule has 0 aromatic carbocycles. The van der Waals surface area contributed by atoms with Gasteiger partial charge in [0.15, 0.2) is 0 Å². The summed E-state index contributed by atoms with van der Waals surface area (Å²) in [6.07, 6.45) is 34.3. The lowest BCUT2D eigenvalue weighted by Crippen LogP contribution is -2.42. The molecular weight excluding hydrogens is 1320 g/mol. The molecule has 107 heavy (non-hydrogen) atoms. The van der Waals surface area contributed by atoms with Gasteiger partial charge < -0.3 is 46.4 Å². The fourth-order valence-electron chi connectivity index (χ4n) is 4.93. The number of dihydropyridines is 1. The summed E-state index contributed by atoms with van der Waals surface area (Å²) < 4.78 is 5.01. The first-order valence-corrected chi connectivity index (χ1v) is 39.8. The second kappa shape index (κ2) is 300. The molecule has 0 amide bonds. The molecule has 0 radical (unpaired) electrons. The van der Waals surface area contributed by atoms with Crippen LogP contribution in [0.3, 0.4) is 0 Å². The van der Waals surface area contributed by atoms with Crippen LogP contribution in [0.5, 0.6) is 0 Å². The lowest BCUT2D eigenvalue weighted by Gasteiger charge is -2.28. The van der Waals surface area contributed by atoms with E-state index in [0.29, 0.717) is 0 Å². The molecule has 0 atom stereocenters. The molecule has 6 aliphatic heterocycles. The van der Waals surface area contributed by atoms with Crippen molar-refractivity contribution in [3.8, 4) is 0 Å². The van der Waals surface area contributed by atoms with Gasteiger partial charge >= 0.3 is 0 Å². The molecule has 0 unspecified atom stereocenters. The Bertz CT molecular complexity index is 1060. The van der Waals surface area contributed by atoms with Crippen molar-refractivity contribution < 1.29 is 4.74 Å². The Labute approximate surface area is 688 Å². The molecule has 0 bridgehead atoms. The van der Waals surface area contributed by atoms with Gasteiger partial charge in [-0.2, -0.15) is 10.2 Å². The van der Waals surface area contributed by atoms with E-state index in [1.807, 2.05) is 292 Å². The second-order valence-electron chi connectivity index (χ2n) is 13.7. The molecule has 0 aliphatic carbocycles. The monoisotopic (exact) mass is 1540 g/mol. The van der Waals surface area contributed by atoms with E-state index in [1.165, 1.54) is 90.8 Å². The Kier molecular flexibility index (Phi) is 533. The van der Waals surface area contributed by atoms with E-state index in [2.05, 4.69) is 103 Å². The number of pyridine rings is 1. The number of allylic oxidation sites excluding steroid dienone is 2. The first-order chi connectivity index (χ1) is 48.3. The smallest absolute Gasteiger partial charge is 0.115 e. The molecule has 6 aliphatic rings. The van der Waals surface area contributed by atoms with E-state index in [9.17, 15) is 0 Å². The first-order valence-electron chi connectivity index (χ1n) is 39.8. The summed E-state index contributed by atoms with van der Waals surface area (Å²) in [5.74, 6) is 0. The summed E-state index contributed by atoms with van der Waals surface area (Å²) in [6.45, 7) is 90.3. The lowest BCUT2D eigenvalue weighted by atomic mass is 10.2. The van der Waals surface area contributed by atoms with Crippen LogP contribution < -0.4 is 31.9 Å². The molecule has 4 aromatic heterocycles.